The molecule has 1 N–H and O–H groups in total. The number of carbonyl (C=O) groups is 1. The van der Waals surface area contributed by atoms with Crippen molar-refractivity contribution in [1.29, 1.82) is 0 Å². The van der Waals surface area contributed by atoms with Gasteiger partial charge in [0.05, 0.1) is 10.6 Å². The zero-order valence-electron chi connectivity index (χ0n) is 14.2. The predicted octanol–water partition coefficient (Wildman–Crippen LogP) is 1.84. The molecule has 1 fully saturated rings. The van der Waals surface area contributed by atoms with Gasteiger partial charge in [0.25, 0.3) is 11.6 Å². The average Bonchev–Trinajstić information content (AvgIpc) is 3.21. The molecule has 0 radical (unpaired) electrons. The summed E-state index contributed by atoms with van der Waals surface area (Å²) >= 11 is 0. The highest BCUT2D eigenvalue weighted by Gasteiger charge is 2.29. The van der Waals surface area contributed by atoms with Crippen LogP contribution in [0.15, 0.2) is 24.4 Å². The molecule has 1 aliphatic rings. The average molecular weight is 344 g/mol. The van der Waals surface area contributed by atoms with Crippen molar-refractivity contribution in [2.75, 3.05) is 18.4 Å². The Kier molecular flexibility index (Phi) is 4.64. The molecule has 3 heterocycles. The summed E-state index contributed by atoms with van der Waals surface area (Å²) < 4.78 is 1.72. The number of pyridine rings is 1. The van der Waals surface area contributed by atoms with Crippen molar-refractivity contribution in [3.8, 4) is 0 Å². The Balaban J connectivity index is 1.63. The van der Waals surface area contributed by atoms with Crippen LogP contribution in [0.1, 0.15) is 29.5 Å². The Morgan fingerprint density at radius 3 is 2.92 bits per heavy atom. The van der Waals surface area contributed by atoms with E-state index in [1.807, 2.05) is 19.9 Å². The van der Waals surface area contributed by atoms with Crippen molar-refractivity contribution < 1.29 is 9.72 Å². The number of rotatable bonds is 5. The van der Waals surface area contributed by atoms with Crippen LogP contribution in [0.2, 0.25) is 0 Å². The van der Waals surface area contributed by atoms with Crippen molar-refractivity contribution in [3.63, 3.8) is 0 Å². The molecule has 132 valence electrons. The number of hydrogen-bond donors (Lipinski definition) is 1. The smallest absolute Gasteiger partial charge is 0.287 e. The summed E-state index contributed by atoms with van der Waals surface area (Å²) in [4.78, 5) is 28.7. The second-order valence-corrected chi connectivity index (χ2v) is 6.03. The first-order valence-electron chi connectivity index (χ1n) is 8.18. The Morgan fingerprint density at radius 1 is 1.48 bits per heavy atom. The maximum atomic E-state index is 12.7. The third-order valence-corrected chi connectivity index (χ3v) is 4.21. The quantitative estimate of drug-likeness (QED) is 0.655. The molecular formula is C16H20N6O3. The van der Waals surface area contributed by atoms with Crippen LogP contribution in [0.4, 0.5) is 11.5 Å². The number of likely N-dealkylation sites (tertiary alicyclic amines) is 1. The molecule has 25 heavy (non-hydrogen) atoms. The normalized spacial score (nSPS) is 16.9. The summed E-state index contributed by atoms with van der Waals surface area (Å²) in [7, 11) is 0. The SMILES string of the molecule is CCn1nc(C)cc1C(=O)N1CCC(Nc2ccc([N+](=O)[O-])cn2)C1. The summed E-state index contributed by atoms with van der Waals surface area (Å²) in [6.45, 7) is 5.69. The Bertz CT molecular complexity index is 786. The number of aromatic nitrogens is 3. The van der Waals surface area contributed by atoms with Crippen LogP contribution in [0.5, 0.6) is 0 Å². The predicted molar refractivity (Wildman–Crippen MR) is 91.5 cm³/mol. The van der Waals surface area contributed by atoms with E-state index in [4.69, 9.17) is 0 Å². The number of carbonyl (C=O) groups excluding carboxylic acids is 1. The van der Waals surface area contributed by atoms with Gasteiger partial charge in [0.15, 0.2) is 0 Å². The lowest BCUT2D eigenvalue weighted by atomic mass is 10.2. The Morgan fingerprint density at radius 2 is 2.28 bits per heavy atom. The molecule has 1 aliphatic heterocycles. The lowest BCUT2D eigenvalue weighted by Gasteiger charge is -2.17. The minimum absolute atomic E-state index is 0.0246. The molecule has 2 aromatic heterocycles. The van der Waals surface area contributed by atoms with Crippen LogP contribution < -0.4 is 5.32 Å². The first kappa shape index (κ1) is 16.9. The van der Waals surface area contributed by atoms with Crippen molar-refractivity contribution in [1.82, 2.24) is 19.7 Å². The fourth-order valence-corrected chi connectivity index (χ4v) is 2.97. The number of nitro groups is 1. The molecular weight excluding hydrogens is 324 g/mol. The van der Waals surface area contributed by atoms with Gasteiger partial charge in [0.1, 0.15) is 17.7 Å². The number of nitrogens with one attached hydrogen (secondary N) is 1. The van der Waals surface area contributed by atoms with Gasteiger partial charge in [-0.1, -0.05) is 0 Å². The van der Waals surface area contributed by atoms with E-state index in [1.165, 1.54) is 12.3 Å². The number of aryl methyl sites for hydroxylation is 2. The molecule has 1 unspecified atom stereocenters. The summed E-state index contributed by atoms with van der Waals surface area (Å²) in [5.74, 6) is 0.544. The molecule has 0 aromatic carbocycles. The summed E-state index contributed by atoms with van der Waals surface area (Å²) in [6, 6.07) is 4.87. The van der Waals surface area contributed by atoms with Crippen molar-refractivity contribution in [2.45, 2.75) is 32.9 Å². The fraction of sp³-hybridized carbons (Fsp3) is 0.438. The van der Waals surface area contributed by atoms with Gasteiger partial charge < -0.3 is 10.2 Å². The van der Waals surface area contributed by atoms with Gasteiger partial charge in [-0.05, 0) is 32.4 Å². The highest BCUT2D eigenvalue weighted by atomic mass is 16.6. The second kappa shape index (κ2) is 6.88. The van der Waals surface area contributed by atoms with Gasteiger partial charge in [-0.3, -0.25) is 19.6 Å². The van der Waals surface area contributed by atoms with E-state index < -0.39 is 4.92 Å². The Hall–Kier alpha value is -2.97. The number of amides is 1. The van der Waals surface area contributed by atoms with E-state index in [0.717, 1.165) is 12.1 Å². The highest BCUT2D eigenvalue weighted by Crippen LogP contribution is 2.19. The van der Waals surface area contributed by atoms with Crippen molar-refractivity contribution in [3.05, 3.63) is 45.9 Å². The highest BCUT2D eigenvalue weighted by molar-refractivity contribution is 5.93. The molecule has 1 saturated heterocycles. The van der Waals surface area contributed by atoms with Crippen LogP contribution in [0, 0.1) is 17.0 Å². The number of nitrogens with zero attached hydrogens (tertiary/aromatic N) is 5. The van der Waals surface area contributed by atoms with Crippen LogP contribution in [0.25, 0.3) is 0 Å². The molecule has 0 saturated carbocycles. The third kappa shape index (κ3) is 3.59. The van der Waals surface area contributed by atoms with Crippen LogP contribution in [-0.4, -0.2) is 49.6 Å². The van der Waals surface area contributed by atoms with Crippen LogP contribution in [0.3, 0.4) is 0 Å². The largest absolute Gasteiger partial charge is 0.365 e. The fourth-order valence-electron chi connectivity index (χ4n) is 2.97. The molecule has 0 bridgehead atoms. The summed E-state index contributed by atoms with van der Waals surface area (Å²) in [6.07, 6.45) is 2.02. The lowest BCUT2D eigenvalue weighted by molar-refractivity contribution is -0.385. The topological polar surface area (TPSA) is 106 Å². The van der Waals surface area contributed by atoms with Crippen molar-refractivity contribution >= 4 is 17.4 Å². The molecule has 9 heteroatoms. The molecule has 0 spiro atoms. The maximum Gasteiger partial charge on any atom is 0.287 e. The number of hydrogen-bond acceptors (Lipinski definition) is 6. The van der Waals surface area contributed by atoms with E-state index in [9.17, 15) is 14.9 Å². The van der Waals surface area contributed by atoms with Gasteiger partial charge in [-0.2, -0.15) is 5.10 Å². The van der Waals surface area contributed by atoms with E-state index in [-0.39, 0.29) is 17.6 Å². The first-order valence-corrected chi connectivity index (χ1v) is 8.18. The molecule has 2 aromatic rings. The molecule has 3 rings (SSSR count). The zero-order valence-corrected chi connectivity index (χ0v) is 14.2. The van der Waals surface area contributed by atoms with E-state index in [2.05, 4.69) is 15.4 Å². The third-order valence-electron chi connectivity index (χ3n) is 4.21. The van der Waals surface area contributed by atoms with Gasteiger partial charge in [0, 0.05) is 31.7 Å². The van der Waals surface area contributed by atoms with Crippen LogP contribution >= 0.6 is 0 Å². The first-order chi connectivity index (χ1) is 12.0. The van der Waals surface area contributed by atoms with E-state index in [1.54, 1.807) is 15.6 Å². The van der Waals surface area contributed by atoms with Crippen LogP contribution in [-0.2, 0) is 6.54 Å². The molecule has 1 atom stereocenters. The lowest BCUT2D eigenvalue weighted by Crippen LogP contribution is -2.33. The van der Waals surface area contributed by atoms with E-state index >= 15 is 0 Å². The Labute approximate surface area is 144 Å². The summed E-state index contributed by atoms with van der Waals surface area (Å²) in [5, 5.41) is 18.2. The molecule has 0 aliphatic carbocycles. The second-order valence-electron chi connectivity index (χ2n) is 6.03. The van der Waals surface area contributed by atoms with Gasteiger partial charge in [-0.25, -0.2) is 4.98 Å². The standard InChI is InChI=1S/C16H20N6O3/c1-3-21-14(8-11(2)19-21)16(23)20-7-6-12(10-20)18-15-5-4-13(9-17-15)22(24)25/h4-5,8-9,12H,3,6-7,10H2,1-2H3,(H,17,18). The maximum absolute atomic E-state index is 12.7. The summed E-state index contributed by atoms with van der Waals surface area (Å²) in [5.41, 5.74) is 1.39. The minimum atomic E-state index is -0.481. The molecule has 1 amide bonds. The minimum Gasteiger partial charge on any atom is -0.365 e. The van der Waals surface area contributed by atoms with Gasteiger partial charge in [0.2, 0.25) is 0 Å². The van der Waals surface area contributed by atoms with E-state index in [0.29, 0.717) is 31.1 Å². The zero-order chi connectivity index (χ0) is 18.0. The van der Waals surface area contributed by atoms with Gasteiger partial charge >= 0.3 is 0 Å². The number of anilines is 1. The van der Waals surface area contributed by atoms with Crippen molar-refractivity contribution in [2.24, 2.45) is 0 Å². The molecule has 9 nitrogen and oxygen atoms in total. The van der Waals surface area contributed by atoms with Gasteiger partial charge in [-0.15, -0.1) is 0 Å². The monoisotopic (exact) mass is 344 g/mol.